The van der Waals surface area contributed by atoms with E-state index in [1.54, 1.807) is 12.1 Å². The van der Waals surface area contributed by atoms with E-state index in [0.29, 0.717) is 5.56 Å². The van der Waals surface area contributed by atoms with Gasteiger partial charge in [-0.1, -0.05) is 48.5 Å². The minimum absolute atomic E-state index is 0.0626. The molecule has 46 heavy (non-hydrogen) atoms. The summed E-state index contributed by atoms with van der Waals surface area (Å²) < 4.78 is 27.5. The van der Waals surface area contributed by atoms with Crippen molar-refractivity contribution in [3.63, 3.8) is 0 Å². The third-order valence-corrected chi connectivity index (χ3v) is 7.98. The van der Waals surface area contributed by atoms with Gasteiger partial charge in [-0.3, -0.25) is 28.8 Å². The zero-order valence-electron chi connectivity index (χ0n) is 26.5. The van der Waals surface area contributed by atoms with Crippen molar-refractivity contribution in [1.29, 1.82) is 0 Å². The molecule has 0 bridgehead atoms. The lowest BCUT2D eigenvalue weighted by Crippen LogP contribution is -2.62. The van der Waals surface area contributed by atoms with Crippen molar-refractivity contribution in [3.05, 3.63) is 70.8 Å². The van der Waals surface area contributed by atoms with E-state index >= 15 is 0 Å². The summed E-state index contributed by atoms with van der Waals surface area (Å²) in [6.45, 7) is 5.75. The molecular weight excluding hydrogens is 598 g/mol. The average Bonchev–Trinajstić information content (AvgIpc) is 2.98. The van der Waals surface area contributed by atoms with Crippen LogP contribution in [0.15, 0.2) is 48.5 Å². The van der Waals surface area contributed by atoms with Crippen LogP contribution < -0.4 is 5.32 Å². The van der Waals surface area contributed by atoms with Crippen LogP contribution in [-0.4, -0.2) is 72.7 Å². The number of rotatable bonds is 10. The summed E-state index contributed by atoms with van der Waals surface area (Å²) in [6.07, 6.45) is -4.92. The summed E-state index contributed by atoms with van der Waals surface area (Å²) in [4.78, 5) is 73.1. The summed E-state index contributed by atoms with van der Waals surface area (Å²) in [5, 5.41) is 3.03. The van der Waals surface area contributed by atoms with E-state index in [1.807, 2.05) is 30.3 Å². The quantitative estimate of drug-likeness (QED) is 0.231. The molecule has 1 amide bonds. The fourth-order valence-corrected chi connectivity index (χ4v) is 6.22. The first-order chi connectivity index (χ1) is 21.8. The van der Waals surface area contributed by atoms with Gasteiger partial charge in [-0.2, -0.15) is 0 Å². The molecule has 0 radical (unpaired) electrons. The highest BCUT2D eigenvalue weighted by Gasteiger charge is 2.52. The largest absolute Gasteiger partial charge is 0.463 e. The third-order valence-electron chi connectivity index (χ3n) is 7.98. The number of hydrogen-bond donors (Lipinski definition) is 1. The molecule has 0 aromatic heterocycles. The van der Waals surface area contributed by atoms with Gasteiger partial charge in [-0.05, 0) is 29.5 Å². The fraction of sp³-hybridized carbons (Fsp3) is 0.471. The summed E-state index contributed by atoms with van der Waals surface area (Å²) in [5.41, 5.74) is 3.57. The smallest absolute Gasteiger partial charge is 0.303 e. The maximum Gasteiger partial charge on any atom is 0.303 e. The number of Topliss-reactive ketones (excluding diaryl/α,β-unsaturated/α-hetero) is 1. The fourth-order valence-electron chi connectivity index (χ4n) is 6.22. The number of esters is 4. The van der Waals surface area contributed by atoms with Crippen LogP contribution in [0.3, 0.4) is 0 Å². The Kier molecular flexibility index (Phi) is 11.3. The maximum absolute atomic E-state index is 13.6. The second-order valence-corrected chi connectivity index (χ2v) is 11.5. The normalized spacial score (nSPS) is 25.3. The number of ketones is 1. The molecule has 0 saturated carbocycles. The average molecular weight is 638 g/mol. The van der Waals surface area contributed by atoms with Gasteiger partial charge < -0.3 is 29.0 Å². The molecule has 1 aliphatic heterocycles. The van der Waals surface area contributed by atoms with Gasteiger partial charge in [0.2, 0.25) is 5.91 Å². The Labute approximate surface area is 267 Å². The molecule has 12 heteroatoms. The van der Waals surface area contributed by atoms with Gasteiger partial charge >= 0.3 is 23.9 Å². The number of fused-ring (bicyclic) bond motifs is 1. The summed E-state index contributed by atoms with van der Waals surface area (Å²) in [5.74, 6) is -3.21. The molecule has 1 heterocycles. The predicted octanol–water partition coefficient (Wildman–Crippen LogP) is 3.49. The zero-order valence-corrected chi connectivity index (χ0v) is 26.5. The van der Waals surface area contributed by atoms with Crippen molar-refractivity contribution in [2.75, 3.05) is 6.61 Å². The molecule has 2 aromatic carbocycles. The van der Waals surface area contributed by atoms with Gasteiger partial charge in [-0.15, -0.1) is 0 Å². The van der Waals surface area contributed by atoms with Crippen LogP contribution in [0.1, 0.15) is 92.9 Å². The van der Waals surface area contributed by atoms with E-state index < -0.39 is 54.4 Å². The van der Waals surface area contributed by atoms with E-state index in [4.69, 9.17) is 23.7 Å². The van der Waals surface area contributed by atoms with Gasteiger partial charge in [0.05, 0.1) is 6.04 Å². The maximum atomic E-state index is 13.6. The van der Waals surface area contributed by atoms with Gasteiger partial charge in [0.15, 0.2) is 24.1 Å². The van der Waals surface area contributed by atoms with Gasteiger partial charge in [0, 0.05) is 52.5 Å². The Bertz CT molecular complexity index is 1470. The van der Waals surface area contributed by atoms with E-state index in [2.05, 4.69) is 11.4 Å². The highest BCUT2D eigenvalue weighted by molar-refractivity contribution is 5.96. The molecule has 246 valence electrons. The van der Waals surface area contributed by atoms with Crippen molar-refractivity contribution in [2.45, 2.75) is 96.4 Å². The SMILES string of the molecule is CC(=O)N[C@@H]1CC[C@H](c2ccc(C(=O)CC3OC(COC(C)=O)C(OC(C)=O)C(OC(C)=O)C3OC(C)=O)cc2)c2ccccc21. The van der Waals surface area contributed by atoms with Crippen molar-refractivity contribution in [3.8, 4) is 0 Å². The lowest BCUT2D eigenvalue weighted by atomic mass is 9.76. The van der Waals surface area contributed by atoms with Crippen molar-refractivity contribution < 1.29 is 52.5 Å². The van der Waals surface area contributed by atoms with Crippen molar-refractivity contribution >= 4 is 35.6 Å². The Balaban J connectivity index is 1.58. The highest BCUT2D eigenvalue weighted by atomic mass is 16.7. The van der Waals surface area contributed by atoms with Crippen LogP contribution in [0, 0.1) is 0 Å². The number of ether oxygens (including phenoxy) is 5. The Morgan fingerprint density at radius 3 is 1.83 bits per heavy atom. The lowest BCUT2D eigenvalue weighted by Gasteiger charge is -2.44. The molecule has 2 aliphatic rings. The summed E-state index contributed by atoms with van der Waals surface area (Å²) in [6, 6.07) is 15.1. The van der Waals surface area contributed by atoms with Crippen LogP contribution in [-0.2, 0) is 47.7 Å². The van der Waals surface area contributed by atoms with Gasteiger partial charge in [0.1, 0.15) is 18.8 Å². The molecule has 2 aromatic rings. The first kappa shape index (κ1) is 34.3. The zero-order chi connectivity index (χ0) is 33.5. The number of hydrogen-bond acceptors (Lipinski definition) is 11. The standard InChI is InChI=1S/C34H39NO11/c1-18(36)35-28-15-14-25(26-8-6-7-9-27(26)28)23-10-12-24(13-11-23)29(41)16-30-32(43-20(3)38)34(45-22(5)40)33(44-21(4)39)31(46-30)17-42-19(2)37/h6-13,25,28,30-34H,14-17H2,1-5H3,(H,35,36)/t25-,28-,30?,31?,32?,33?,34?/m1/s1. The Morgan fingerprint density at radius 2 is 1.26 bits per heavy atom. The second-order valence-electron chi connectivity index (χ2n) is 11.5. The summed E-state index contributed by atoms with van der Waals surface area (Å²) >= 11 is 0. The molecule has 1 aliphatic carbocycles. The van der Waals surface area contributed by atoms with E-state index in [9.17, 15) is 28.8 Å². The number of benzene rings is 2. The van der Waals surface area contributed by atoms with Gasteiger partial charge in [0.25, 0.3) is 0 Å². The number of nitrogens with one attached hydrogen (secondary N) is 1. The van der Waals surface area contributed by atoms with Crippen molar-refractivity contribution in [1.82, 2.24) is 5.32 Å². The molecule has 7 atom stereocenters. The van der Waals surface area contributed by atoms with E-state index in [0.717, 1.165) is 50.3 Å². The number of carbonyl (C=O) groups excluding carboxylic acids is 6. The summed E-state index contributed by atoms with van der Waals surface area (Å²) in [7, 11) is 0. The molecule has 0 spiro atoms. The van der Waals surface area contributed by atoms with E-state index in [1.165, 1.54) is 13.8 Å². The van der Waals surface area contributed by atoms with Crippen molar-refractivity contribution in [2.24, 2.45) is 0 Å². The highest BCUT2D eigenvalue weighted by Crippen LogP contribution is 2.41. The van der Waals surface area contributed by atoms with Crippen LogP contribution in [0.2, 0.25) is 0 Å². The number of carbonyl (C=O) groups is 6. The molecule has 4 rings (SSSR count). The monoisotopic (exact) mass is 637 g/mol. The predicted molar refractivity (Wildman–Crippen MR) is 161 cm³/mol. The van der Waals surface area contributed by atoms with E-state index in [-0.39, 0.29) is 36.7 Å². The third kappa shape index (κ3) is 8.57. The van der Waals surface area contributed by atoms with Gasteiger partial charge in [-0.25, -0.2) is 0 Å². The minimum Gasteiger partial charge on any atom is -0.463 e. The molecule has 12 nitrogen and oxygen atoms in total. The van der Waals surface area contributed by atoms with Crippen LogP contribution in [0.4, 0.5) is 0 Å². The van der Waals surface area contributed by atoms with Crippen LogP contribution in [0.5, 0.6) is 0 Å². The Hall–Kier alpha value is -4.58. The minimum atomic E-state index is -1.34. The molecule has 5 unspecified atom stereocenters. The second kappa shape index (κ2) is 15.1. The topological polar surface area (TPSA) is 161 Å². The molecule has 1 fully saturated rings. The molecular formula is C34H39NO11. The van der Waals surface area contributed by atoms with Crippen LogP contribution >= 0.6 is 0 Å². The Morgan fingerprint density at radius 1 is 0.696 bits per heavy atom. The number of amides is 1. The van der Waals surface area contributed by atoms with Crippen LogP contribution in [0.25, 0.3) is 0 Å². The first-order valence-electron chi connectivity index (χ1n) is 15.1. The lowest BCUT2D eigenvalue weighted by molar-refractivity contribution is -0.251. The first-order valence-corrected chi connectivity index (χ1v) is 15.1. The molecule has 1 N–H and O–H groups in total. The molecule has 1 saturated heterocycles.